The fourth-order valence-electron chi connectivity index (χ4n) is 3.58. The molecule has 156 valence electrons. The van der Waals surface area contributed by atoms with Crippen molar-refractivity contribution in [1.82, 2.24) is 14.7 Å². The van der Waals surface area contributed by atoms with E-state index in [4.69, 9.17) is 9.47 Å². The predicted octanol–water partition coefficient (Wildman–Crippen LogP) is 3.25. The molecule has 0 amide bonds. The van der Waals surface area contributed by atoms with Crippen molar-refractivity contribution in [2.75, 3.05) is 26.3 Å². The zero-order valence-corrected chi connectivity index (χ0v) is 17.0. The van der Waals surface area contributed by atoms with E-state index < -0.39 is 0 Å². The topological polar surface area (TPSA) is 56.6 Å². The molecule has 1 aliphatic rings. The quantitative estimate of drug-likeness (QED) is 0.539. The molecule has 6 nitrogen and oxygen atoms in total. The standard InChI is InChI=1S/C24H27N3O3/c28-24(12-11-21-15-25-27(17-21)22-9-5-2-6-10-22)30-19-23-18-26(13-14-29-23)16-20-7-3-1-4-8-20/h1-10,15,17,23H,11-14,16,18-19H2. The molecule has 1 fully saturated rings. The second-order valence-electron chi connectivity index (χ2n) is 7.53. The summed E-state index contributed by atoms with van der Waals surface area (Å²) in [5.74, 6) is -0.203. The summed E-state index contributed by atoms with van der Waals surface area (Å²) >= 11 is 0. The van der Waals surface area contributed by atoms with Crippen molar-refractivity contribution in [3.8, 4) is 5.69 Å². The lowest BCUT2D eigenvalue weighted by atomic mass is 10.2. The number of carbonyl (C=O) groups is 1. The van der Waals surface area contributed by atoms with E-state index in [0.29, 0.717) is 26.1 Å². The average molecular weight is 405 g/mol. The molecule has 2 heterocycles. The number of rotatable bonds is 8. The summed E-state index contributed by atoms with van der Waals surface area (Å²) in [6, 6.07) is 20.3. The van der Waals surface area contributed by atoms with Gasteiger partial charge in [0, 0.05) is 32.3 Å². The summed E-state index contributed by atoms with van der Waals surface area (Å²) in [5.41, 5.74) is 3.30. The number of para-hydroxylation sites is 1. The van der Waals surface area contributed by atoms with Crippen LogP contribution in [0.2, 0.25) is 0 Å². The van der Waals surface area contributed by atoms with Crippen LogP contribution in [0.5, 0.6) is 0 Å². The molecule has 2 aromatic carbocycles. The normalized spacial score (nSPS) is 17.0. The van der Waals surface area contributed by atoms with Crippen LogP contribution in [0.4, 0.5) is 0 Å². The highest BCUT2D eigenvalue weighted by Crippen LogP contribution is 2.12. The van der Waals surface area contributed by atoms with Crippen molar-refractivity contribution < 1.29 is 14.3 Å². The van der Waals surface area contributed by atoms with Crippen molar-refractivity contribution >= 4 is 5.97 Å². The Labute approximate surface area is 177 Å². The highest BCUT2D eigenvalue weighted by Gasteiger charge is 2.22. The van der Waals surface area contributed by atoms with Gasteiger partial charge in [0.25, 0.3) is 0 Å². The number of benzene rings is 2. The number of morpholine rings is 1. The van der Waals surface area contributed by atoms with Crippen LogP contribution in [-0.2, 0) is 27.2 Å². The molecule has 1 unspecified atom stereocenters. The summed E-state index contributed by atoms with van der Waals surface area (Å²) in [6.45, 7) is 3.51. The first kappa shape index (κ1) is 20.3. The smallest absolute Gasteiger partial charge is 0.306 e. The van der Waals surface area contributed by atoms with Gasteiger partial charge in [0.05, 0.1) is 18.5 Å². The van der Waals surface area contributed by atoms with Crippen molar-refractivity contribution in [1.29, 1.82) is 0 Å². The van der Waals surface area contributed by atoms with Crippen LogP contribution in [0.1, 0.15) is 17.5 Å². The van der Waals surface area contributed by atoms with Gasteiger partial charge in [-0.25, -0.2) is 4.68 Å². The molecule has 1 atom stereocenters. The third kappa shape index (κ3) is 5.78. The molecule has 0 spiro atoms. The second kappa shape index (κ2) is 10.2. The summed E-state index contributed by atoms with van der Waals surface area (Å²) in [6.07, 6.45) is 4.62. The Morgan fingerprint density at radius 3 is 2.63 bits per heavy atom. The van der Waals surface area contributed by atoms with E-state index in [1.54, 1.807) is 6.20 Å². The van der Waals surface area contributed by atoms with E-state index in [-0.39, 0.29) is 12.1 Å². The van der Waals surface area contributed by atoms with E-state index in [2.05, 4.69) is 34.3 Å². The van der Waals surface area contributed by atoms with Crippen molar-refractivity contribution in [2.45, 2.75) is 25.5 Å². The highest BCUT2D eigenvalue weighted by molar-refractivity contribution is 5.69. The molecule has 3 aromatic rings. The molecule has 0 radical (unpaired) electrons. The van der Waals surface area contributed by atoms with Gasteiger partial charge in [-0.05, 0) is 29.7 Å². The number of aromatic nitrogens is 2. The lowest BCUT2D eigenvalue weighted by Crippen LogP contribution is -2.44. The third-order valence-corrected chi connectivity index (χ3v) is 5.18. The Morgan fingerprint density at radius 1 is 1.07 bits per heavy atom. The molecule has 0 bridgehead atoms. The lowest BCUT2D eigenvalue weighted by molar-refractivity contribution is -0.150. The van der Waals surface area contributed by atoms with Gasteiger partial charge in [0.1, 0.15) is 12.7 Å². The molecule has 0 N–H and O–H groups in total. The van der Waals surface area contributed by atoms with Gasteiger partial charge in [-0.1, -0.05) is 48.5 Å². The molecule has 1 aromatic heterocycles. The first-order valence-corrected chi connectivity index (χ1v) is 10.4. The summed E-state index contributed by atoms with van der Waals surface area (Å²) < 4.78 is 13.1. The van der Waals surface area contributed by atoms with Crippen molar-refractivity contribution in [3.63, 3.8) is 0 Å². The van der Waals surface area contributed by atoms with E-state index in [0.717, 1.165) is 30.9 Å². The minimum Gasteiger partial charge on any atom is -0.463 e. The number of hydrogen-bond donors (Lipinski definition) is 0. The van der Waals surface area contributed by atoms with E-state index in [1.807, 2.05) is 47.3 Å². The fourth-order valence-corrected chi connectivity index (χ4v) is 3.58. The van der Waals surface area contributed by atoms with E-state index in [1.165, 1.54) is 5.56 Å². The van der Waals surface area contributed by atoms with Gasteiger partial charge >= 0.3 is 5.97 Å². The van der Waals surface area contributed by atoms with Gasteiger partial charge in [-0.2, -0.15) is 5.10 Å². The molecular formula is C24H27N3O3. The number of carbonyl (C=O) groups excluding carboxylic acids is 1. The third-order valence-electron chi connectivity index (χ3n) is 5.18. The summed E-state index contributed by atoms with van der Waals surface area (Å²) in [4.78, 5) is 14.5. The highest BCUT2D eigenvalue weighted by atomic mass is 16.6. The number of hydrogen-bond acceptors (Lipinski definition) is 5. The maximum Gasteiger partial charge on any atom is 0.306 e. The van der Waals surface area contributed by atoms with Crippen LogP contribution in [0.15, 0.2) is 73.1 Å². The average Bonchev–Trinajstić information content (AvgIpc) is 3.27. The van der Waals surface area contributed by atoms with Crippen LogP contribution in [0, 0.1) is 0 Å². The van der Waals surface area contributed by atoms with E-state index >= 15 is 0 Å². The largest absolute Gasteiger partial charge is 0.463 e. The number of ether oxygens (including phenoxy) is 2. The maximum absolute atomic E-state index is 12.2. The molecule has 4 rings (SSSR count). The SMILES string of the molecule is O=C(CCc1cnn(-c2ccccc2)c1)OCC1CN(Cc2ccccc2)CCO1. The van der Waals surface area contributed by atoms with Crippen molar-refractivity contribution in [2.24, 2.45) is 0 Å². The monoisotopic (exact) mass is 405 g/mol. The molecule has 30 heavy (non-hydrogen) atoms. The van der Waals surface area contributed by atoms with Gasteiger partial charge < -0.3 is 9.47 Å². The van der Waals surface area contributed by atoms with Crippen LogP contribution in [0.3, 0.4) is 0 Å². The Balaban J connectivity index is 1.19. The lowest BCUT2D eigenvalue weighted by Gasteiger charge is -2.32. The Morgan fingerprint density at radius 2 is 1.83 bits per heavy atom. The molecular weight excluding hydrogens is 378 g/mol. The molecule has 1 saturated heterocycles. The predicted molar refractivity (Wildman–Crippen MR) is 114 cm³/mol. The Bertz CT molecular complexity index is 927. The first-order valence-electron chi connectivity index (χ1n) is 10.4. The van der Waals surface area contributed by atoms with E-state index in [9.17, 15) is 4.79 Å². The fraction of sp³-hybridized carbons (Fsp3) is 0.333. The summed E-state index contributed by atoms with van der Waals surface area (Å²) in [7, 11) is 0. The van der Waals surface area contributed by atoms with Crippen LogP contribution in [0.25, 0.3) is 5.69 Å². The molecule has 6 heteroatoms. The zero-order chi connectivity index (χ0) is 20.6. The minimum atomic E-state index is -0.203. The van der Waals surface area contributed by atoms with Gasteiger partial charge in [-0.15, -0.1) is 0 Å². The minimum absolute atomic E-state index is 0.0766. The second-order valence-corrected chi connectivity index (χ2v) is 7.53. The number of nitrogens with zero attached hydrogens (tertiary/aromatic N) is 3. The first-order chi connectivity index (χ1) is 14.8. The summed E-state index contributed by atoms with van der Waals surface area (Å²) in [5, 5.41) is 4.37. The number of esters is 1. The van der Waals surface area contributed by atoms with Crippen molar-refractivity contribution in [3.05, 3.63) is 84.2 Å². The van der Waals surface area contributed by atoms with Gasteiger partial charge in [0.15, 0.2) is 0 Å². The van der Waals surface area contributed by atoms with Crippen LogP contribution in [-0.4, -0.2) is 53.1 Å². The number of aryl methyl sites for hydroxylation is 1. The van der Waals surface area contributed by atoms with Crippen LogP contribution < -0.4 is 0 Å². The van der Waals surface area contributed by atoms with Gasteiger partial charge in [-0.3, -0.25) is 9.69 Å². The van der Waals surface area contributed by atoms with Gasteiger partial charge in [0.2, 0.25) is 0 Å². The zero-order valence-electron chi connectivity index (χ0n) is 17.0. The molecule has 1 aliphatic heterocycles. The molecule has 0 aliphatic carbocycles. The molecule has 0 saturated carbocycles. The Kier molecular flexibility index (Phi) is 6.90. The Hall–Kier alpha value is -2.96. The maximum atomic E-state index is 12.2. The van der Waals surface area contributed by atoms with Crippen LogP contribution >= 0.6 is 0 Å².